The van der Waals surface area contributed by atoms with Crippen molar-refractivity contribution in [2.45, 2.75) is 64.7 Å². The van der Waals surface area contributed by atoms with E-state index < -0.39 is 69.3 Å². The summed E-state index contributed by atoms with van der Waals surface area (Å²) in [5.74, 6) is -15.0. The maximum atomic E-state index is 14.8. The summed E-state index contributed by atoms with van der Waals surface area (Å²) < 4.78 is 94.6. The first kappa shape index (κ1) is 31.0. The molecule has 2 rings (SSSR count). The van der Waals surface area contributed by atoms with Gasteiger partial charge in [0, 0.05) is 6.54 Å². The molecule has 0 radical (unpaired) electrons. The Morgan fingerprint density at radius 3 is 1.37 bits per heavy atom. The summed E-state index contributed by atoms with van der Waals surface area (Å²) in [6, 6.07) is 0.489. The van der Waals surface area contributed by atoms with Crippen molar-refractivity contribution in [3.05, 3.63) is 58.2 Å². The van der Waals surface area contributed by atoms with Crippen LogP contribution < -0.4 is 9.47 Å². The van der Waals surface area contributed by atoms with Gasteiger partial charge in [-0.2, -0.15) is 8.78 Å². The summed E-state index contributed by atoms with van der Waals surface area (Å²) in [6.07, 6.45) is 7.86. The highest BCUT2D eigenvalue weighted by molar-refractivity contribution is 6.10. The first-order chi connectivity index (χ1) is 18.1. The van der Waals surface area contributed by atoms with Crippen LogP contribution in [0, 0.1) is 34.9 Å². The van der Waals surface area contributed by atoms with Gasteiger partial charge in [0.05, 0.1) is 25.3 Å². The zero-order valence-electron chi connectivity index (χ0n) is 21.6. The molecule has 2 aromatic rings. The fraction of sp³-hybridized carbons (Fsp3) is 0.481. The Morgan fingerprint density at radius 1 is 0.632 bits per heavy atom. The molecule has 0 saturated heterocycles. The number of carbonyl (C=O) groups is 2. The van der Waals surface area contributed by atoms with E-state index >= 15 is 0 Å². The maximum absolute atomic E-state index is 14.8. The smallest absolute Gasteiger partial charge is 0.263 e. The highest BCUT2D eigenvalue weighted by Gasteiger charge is 2.33. The zero-order valence-corrected chi connectivity index (χ0v) is 21.6. The molecule has 210 valence electrons. The largest absolute Gasteiger partial charge is 0.491 e. The van der Waals surface area contributed by atoms with Crippen molar-refractivity contribution in [3.8, 4) is 11.5 Å². The van der Waals surface area contributed by atoms with Gasteiger partial charge in [-0.1, -0.05) is 58.3 Å². The third-order valence-electron chi connectivity index (χ3n) is 6.08. The van der Waals surface area contributed by atoms with E-state index in [0.29, 0.717) is 11.3 Å². The van der Waals surface area contributed by atoms with E-state index in [0.717, 1.165) is 59.2 Å². The van der Waals surface area contributed by atoms with E-state index in [4.69, 9.17) is 0 Å². The van der Waals surface area contributed by atoms with E-state index in [-0.39, 0.29) is 25.1 Å². The number of hydrogen-bond acceptors (Lipinski definition) is 4. The molecule has 0 aliphatic heterocycles. The van der Waals surface area contributed by atoms with Crippen LogP contribution in [0.3, 0.4) is 0 Å². The molecule has 0 N–H and O–H groups in total. The first-order valence-electron chi connectivity index (χ1n) is 12.4. The molecular weight excluding hydrogens is 516 g/mol. The Bertz CT molecular complexity index is 1060. The van der Waals surface area contributed by atoms with E-state index in [9.17, 15) is 35.9 Å². The molecule has 11 heteroatoms. The second-order valence-corrected chi connectivity index (χ2v) is 8.72. The molecule has 0 bridgehead atoms. The number of rotatable bonds is 14. The van der Waals surface area contributed by atoms with Crippen LogP contribution in [-0.4, -0.2) is 37.5 Å². The number of methoxy groups -OCH3 is 2. The molecule has 0 saturated carbocycles. The molecule has 0 aliphatic carbocycles. The van der Waals surface area contributed by atoms with Crippen LogP contribution in [0.4, 0.5) is 26.3 Å². The van der Waals surface area contributed by atoms with Gasteiger partial charge in [0.2, 0.25) is 11.6 Å². The summed E-state index contributed by atoms with van der Waals surface area (Å²) in [4.78, 5) is 26.8. The highest BCUT2D eigenvalue weighted by Crippen LogP contribution is 2.30. The summed E-state index contributed by atoms with van der Waals surface area (Å²) in [7, 11) is 1.70. The fourth-order valence-corrected chi connectivity index (χ4v) is 4.00. The second-order valence-electron chi connectivity index (χ2n) is 8.72. The predicted molar refractivity (Wildman–Crippen MR) is 128 cm³/mol. The van der Waals surface area contributed by atoms with Gasteiger partial charge in [0.15, 0.2) is 34.8 Å². The molecule has 0 unspecified atom stereocenters. The van der Waals surface area contributed by atoms with Gasteiger partial charge in [-0.3, -0.25) is 14.5 Å². The lowest BCUT2D eigenvalue weighted by molar-refractivity contribution is 0.0605. The summed E-state index contributed by atoms with van der Waals surface area (Å²) in [5, 5.41) is 0. The SMILES string of the molecule is CCCCCCCCCCCN(C(=O)c1cc(F)c(F)c(OC)c1F)C(=O)c1cc(F)c(F)c(OC)c1F. The third-order valence-corrected chi connectivity index (χ3v) is 6.08. The Morgan fingerprint density at radius 2 is 1.00 bits per heavy atom. The van der Waals surface area contributed by atoms with E-state index in [2.05, 4.69) is 16.4 Å². The highest BCUT2D eigenvalue weighted by atomic mass is 19.2. The minimum absolute atomic E-state index is 0.206. The number of halogens is 6. The Labute approximate surface area is 217 Å². The van der Waals surface area contributed by atoms with Crippen LogP contribution >= 0.6 is 0 Å². The Hall–Kier alpha value is -3.24. The number of hydrogen-bond donors (Lipinski definition) is 0. The van der Waals surface area contributed by atoms with Crippen molar-refractivity contribution < 1.29 is 45.4 Å². The van der Waals surface area contributed by atoms with Crippen LogP contribution in [0.15, 0.2) is 12.1 Å². The van der Waals surface area contributed by atoms with Crippen LogP contribution in [0.2, 0.25) is 0 Å². The Balaban J connectivity index is 2.35. The van der Waals surface area contributed by atoms with Gasteiger partial charge in [-0.05, 0) is 18.6 Å². The van der Waals surface area contributed by atoms with Crippen LogP contribution in [-0.2, 0) is 0 Å². The minimum atomic E-state index is -1.69. The third kappa shape index (κ3) is 7.20. The normalized spacial score (nSPS) is 11.0. The second kappa shape index (κ2) is 14.6. The molecule has 0 heterocycles. The van der Waals surface area contributed by atoms with E-state index in [1.807, 2.05) is 0 Å². The molecule has 0 fully saturated rings. The van der Waals surface area contributed by atoms with Crippen LogP contribution in [0.25, 0.3) is 0 Å². The number of ether oxygens (including phenoxy) is 2. The zero-order chi connectivity index (χ0) is 28.4. The minimum Gasteiger partial charge on any atom is -0.491 e. The molecule has 0 atom stereocenters. The van der Waals surface area contributed by atoms with Gasteiger partial charge in [0.25, 0.3) is 11.8 Å². The van der Waals surface area contributed by atoms with Crippen molar-refractivity contribution in [1.82, 2.24) is 4.90 Å². The molecule has 0 aliphatic rings. The van der Waals surface area contributed by atoms with Gasteiger partial charge < -0.3 is 9.47 Å². The summed E-state index contributed by atoms with van der Waals surface area (Å²) in [5.41, 5.74) is -2.11. The molecule has 38 heavy (non-hydrogen) atoms. The quantitative estimate of drug-likeness (QED) is 0.107. The van der Waals surface area contributed by atoms with Crippen molar-refractivity contribution >= 4 is 11.8 Å². The molecule has 2 aromatic carbocycles. The average Bonchev–Trinajstić information content (AvgIpc) is 2.89. The van der Waals surface area contributed by atoms with Crippen molar-refractivity contribution in [1.29, 1.82) is 0 Å². The number of benzene rings is 2. The van der Waals surface area contributed by atoms with Gasteiger partial charge in [0.1, 0.15) is 0 Å². The predicted octanol–water partition coefficient (Wildman–Crippen LogP) is 7.35. The van der Waals surface area contributed by atoms with Gasteiger partial charge in [-0.15, -0.1) is 0 Å². The van der Waals surface area contributed by atoms with E-state index in [1.165, 1.54) is 0 Å². The van der Waals surface area contributed by atoms with Gasteiger partial charge in [-0.25, -0.2) is 17.6 Å². The first-order valence-corrected chi connectivity index (χ1v) is 12.4. The molecule has 5 nitrogen and oxygen atoms in total. The lowest BCUT2D eigenvalue weighted by Crippen LogP contribution is -2.39. The summed E-state index contributed by atoms with van der Waals surface area (Å²) in [6.45, 7) is 1.73. The number of unbranched alkanes of at least 4 members (excludes halogenated alkanes) is 8. The topological polar surface area (TPSA) is 55.8 Å². The maximum Gasteiger partial charge on any atom is 0.263 e. The van der Waals surface area contributed by atoms with Crippen molar-refractivity contribution in [2.24, 2.45) is 0 Å². The Kier molecular flexibility index (Phi) is 11.9. The summed E-state index contributed by atoms with van der Waals surface area (Å²) >= 11 is 0. The lowest BCUT2D eigenvalue weighted by Gasteiger charge is -2.22. The van der Waals surface area contributed by atoms with E-state index in [1.54, 1.807) is 0 Å². The number of carbonyl (C=O) groups excluding carboxylic acids is 2. The van der Waals surface area contributed by atoms with Crippen molar-refractivity contribution in [3.63, 3.8) is 0 Å². The number of amides is 2. The standard InChI is InChI=1S/C27H31F6NO4/c1-4-5-6-7-8-9-10-11-12-13-34(26(35)16-14-18(28)22(32)24(37-2)20(16)30)27(36)17-15-19(29)23(33)25(38-3)21(17)31/h14-15H,4-13H2,1-3H3. The number of nitrogens with zero attached hydrogens (tertiary/aromatic N) is 1. The molecule has 0 spiro atoms. The molecule has 0 aromatic heterocycles. The number of imide groups is 1. The monoisotopic (exact) mass is 547 g/mol. The lowest BCUT2D eigenvalue weighted by atomic mass is 10.1. The van der Waals surface area contributed by atoms with Crippen LogP contribution in [0.5, 0.6) is 11.5 Å². The molecular formula is C27H31F6NO4. The fourth-order valence-electron chi connectivity index (χ4n) is 4.00. The average molecular weight is 548 g/mol. The van der Waals surface area contributed by atoms with Crippen LogP contribution in [0.1, 0.15) is 85.4 Å². The van der Waals surface area contributed by atoms with Gasteiger partial charge >= 0.3 is 0 Å². The molecule has 2 amide bonds. The van der Waals surface area contributed by atoms with Crippen molar-refractivity contribution in [2.75, 3.05) is 20.8 Å².